The molecule has 1 amide bonds. The van der Waals surface area contributed by atoms with Crippen LogP contribution >= 0.6 is 0 Å². The van der Waals surface area contributed by atoms with Crippen LogP contribution in [0.25, 0.3) is 0 Å². The molecule has 0 saturated carbocycles. The summed E-state index contributed by atoms with van der Waals surface area (Å²) in [6, 6.07) is 9.81. The lowest BCUT2D eigenvalue weighted by Gasteiger charge is -2.29. The Morgan fingerprint density at radius 3 is 2.30 bits per heavy atom. The Labute approximate surface area is 122 Å². The molecule has 1 aromatic rings. The zero-order chi connectivity index (χ0) is 14.7. The van der Waals surface area contributed by atoms with Crippen LogP contribution in [0.5, 0.6) is 0 Å². The van der Waals surface area contributed by atoms with Crippen molar-refractivity contribution < 1.29 is 4.79 Å². The highest BCUT2D eigenvalue weighted by atomic mass is 16.2. The summed E-state index contributed by atoms with van der Waals surface area (Å²) < 4.78 is 0. The number of nitrogens with one attached hydrogen (secondary N) is 1. The van der Waals surface area contributed by atoms with E-state index in [2.05, 4.69) is 33.0 Å². The van der Waals surface area contributed by atoms with Crippen molar-refractivity contribution in [3.8, 4) is 0 Å². The van der Waals surface area contributed by atoms with Crippen LogP contribution < -0.4 is 5.32 Å². The number of benzene rings is 1. The average Bonchev–Trinajstić information content (AvgIpc) is 2.77. The maximum absolute atomic E-state index is 12.6. The molecule has 1 saturated heterocycles. The Kier molecular flexibility index (Phi) is 4.81. The monoisotopic (exact) mass is 274 g/mol. The Morgan fingerprint density at radius 1 is 1.15 bits per heavy atom. The van der Waals surface area contributed by atoms with Crippen molar-refractivity contribution in [2.24, 2.45) is 17.8 Å². The van der Waals surface area contributed by atoms with E-state index in [4.69, 9.17) is 0 Å². The van der Waals surface area contributed by atoms with Crippen LogP contribution in [0.2, 0.25) is 0 Å². The van der Waals surface area contributed by atoms with Gasteiger partial charge < -0.3 is 4.90 Å². The summed E-state index contributed by atoms with van der Waals surface area (Å²) in [5.41, 5.74) is 1.06. The van der Waals surface area contributed by atoms with E-state index in [0.717, 1.165) is 12.1 Å². The highest BCUT2D eigenvalue weighted by Gasteiger charge is 2.34. The fraction of sp³-hybridized carbons (Fsp3) is 0.588. The second kappa shape index (κ2) is 6.40. The number of nitrogens with zero attached hydrogens (tertiary/aromatic N) is 1. The molecule has 110 valence electrons. The molecular weight excluding hydrogens is 248 g/mol. The van der Waals surface area contributed by atoms with Crippen LogP contribution in [0, 0.1) is 17.8 Å². The molecule has 1 N–H and O–H groups in total. The number of hydrogen-bond donors (Lipinski definition) is 1. The molecule has 1 fully saturated rings. The van der Waals surface area contributed by atoms with Crippen molar-refractivity contribution in [3.63, 3.8) is 0 Å². The van der Waals surface area contributed by atoms with E-state index in [9.17, 15) is 4.79 Å². The fourth-order valence-corrected chi connectivity index (χ4v) is 3.06. The molecule has 1 aromatic carbocycles. The zero-order valence-electron chi connectivity index (χ0n) is 13.0. The molecule has 1 aliphatic heterocycles. The second-order valence-electron chi connectivity index (χ2n) is 6.42. The maximum Gasteiger partial charge on any atom is 0.245 e. The highest BCUT2D eigenvalue weighted by molar-refractivity contribution is 5.85. The van der Waals surface area contributed by atoms with Crippen LogP contribution in [-0.2, 0) is 4.79 Å². The summed E-state index contributed by atoms with van der Waals surface area (Å²) in [6.07, 6.45) is 0. The molecule has 0 aromatic heterocycles. The number of carbonyl (C=O) groups excluding carboxylic acids is 1. The van der Waals surface area contributed by atoms with Gasteiger partial charge in [-0.3, -0.25) is 10.1 Å². The third kappa shape index (κ3) is 3.21. The minimum atomic E-state index is -0.170. The summed E-state index contributed by atoms with van der Waals surface area (Å²) in [7, 11) is 0. The lowest BCUT2D eigenvalue weighted by atomic mass is 9.85. The first-order chi connectivity index (χ1) is 9.50. The zero-order valence-corrected chi connectivity index (χ0v) is 13.0. The molecule has 1 unspecified atom stereocenters. The van der Waals surface area contributed by atoms with Crippen molar-refractivity contribution in [1.29, 1.82) is 0 Å². The van der Waals surface area contributed by atoms with Crippen LogP contribution in [0.1, 0.15) is 39.3 Å². The SMILES string of the molecule is CC(C)C(CN1CNC(c2ccccc2)C1=O)C(C)C. The standard InChI is InChI=1S/C17H26N2O/c1-12(2)15(13(3)4)10-19-11-18-16(17(19)20)14-8-6-5-7-9-14/h5-9,12-13,15-16,18H,10-11H2,1-4H3. The van der Waals surface area contributed by atoms with E-state index < -0.39 is 0 Å². The normalized spacial score (nSPS) is 19.6. The Morgan fingerprint density at radius 2 is 1.75 bits per heavy atom. The number of carbonyl (C=O) groups is 1. The summed E-state index contributed by atoms with van der Waals surface area (Å²) >= 11 is 0. The van der Waals surface area contributed by atoms with E-state index in [1.54, 1.807) is 0 Å². The molecule has 1 atom stereocenters. The van der Waals surface area contributed by atoms with Crippen molar-refractivity contribution in [1.82, 2.24) is 10.2 Å². The quantitative estimate of drug-likeness (QED) is 0.895. The molecule has 1 aliphatic rings. The summed E-state index contributed by atoms with van der Waals surface area (Å²) in [5, 5.41) is 3.33. The number of hydrogen-bond acceptors (Lipinski definition) is 2. The third-order valence-electron chi connectivity index (χ3n) is 4.32. The Bertz CT molecular complexity index is 434. The van der Waals surface area contributed by atoms with Crippen molar-refractivity contribution >= 4 is 5.91 Å². The van der Waals surface area contributed by atoms with Gasteiger partial charge in [0.25, 0.3) is 0 Å². The van der Waals surface area contributed by atoms with Gasteiger partial charge in [0.1, 0.15) is 6.04 Å². The second-order valence-corrected chi connectivity index (χ2v) is 6.42. The maximum atomic E-state index is 12.6. The third-order valence-corrected chi connectivity index (χ3v) is 4.32. The van der Waals surface area contributed by atoms with Gasteiger partial charge in [0.15, 0.2) is 0 Å². The van der Waals surface area contributed by atoms with Crippen molar-refractivity contribution in [2.75, 3.05) is 13.2 Å². The van der Waals surface area contributed by atoms with Crippen LogP contribution in [-0.4, -0.2) is 24.0 Å². The fourth-order valence-electron chi connectivity index (χ4n) is 3.06. The van der Waals surface area contributed by atoms with Gasteiger partial charge in [-0.1, -0.05) is 58.0 Å². The molecule has 2 rings (SSSR count). The molecule has 0 aliphatic carbocycles. The molecule has 0 radical (unpaired) electrons. The van der Waals surface area contributed by atoms with Gasteiger partial charge >= 0.3 is 0 Å². The summed E-state index contributed by atoms with van der Waals surface area (Å²) in [6.45, 7) is 10.5. The van der Waals surface area contributed by atoms with Gasteiger partial charge in [0, 0.05) is 6.54 Å². The first kappa shape index (κ1) is 15.0. The number of amides is 1. The van der Waals surface area contributed by atoms with E-state index in [1.165, 1.54) is 0 Å². The van der Waals surface area contributed by atoms with Gasteiger partial charge in [0.05, 0.1) is 6.67 Å². The molecule has 20 heavy (non-hydrogen) atoms. The highest BCUT2D eigenvalue weighted by Crippen LogP contribution is 2.26. The van der Waals surface area contributed by atoms with Crippen molar-refractivity contribution in [3.05, 3.63) is 35.9 Å². The molecule has 0 bridgehead atoms. The predicted molar refractivity (Wildman–Crippen MR) is 82.1 cm³/mol. The van der Waals surface area contributed by atoms with E-state index in [1.807, 2.05) is 35.2 Å². The summed E-state index contributed by atoms with van der Waals surface area (Å²) in [5.74, 6) is 1.95. The van der Waals surface area contributed by atoms with Gasteiger partial charge in [-0.05, 0) is 23.3 Å². The van der Waals surface area contributed by atoms with Crippen LogP contribution in [0.3, 0.4) is 0 Å². The van der Waals surface area contributed by atoms with Crippen LogP contribution in [0.4, 0.5) is 0 Å². The van der Waals surface area contributed by atoms with Gasteiger partial charge in [-0.2, -0.15) is 0 Å². The average molecular weight is 274 g/mol. The molecule has 1 heterocycles. The topological polar surface area (TPSA) is 32.3 Å². The minimum Gasteiger partial charge on any atom is -0.328 e. The lowest BCUT2D eigenvalue weighted by molar-refractivity contribution is -0.129. The van der Waals surface area contributed by atoms with E-state index in [-0.39, 0.29) is 11.9 Å². The largest absolute Gasteiger partial charge is 0.328 e. The van der Waals surface area contributed by atoms with E-state index in [0.29, 0.717) is 24.4 Å². The Balaban J connectivity index is 2.04. The van der Waals surface area contributed by atoms with Crippen molar-refractivity contribution in [2.45, 2.75) is 33.7 Å². The van der Waals surface area contributed by atoms with E-state index >= 15 is 0 Å². The predicted octanol–water partition coefficient (Wildman–Crippen LogP) is 3.05. The minimum absolute atomic E-state index is 0.170. The number of rotatable bonds is 5. The van der Waals surface area contributed by atoms with Gasteiger partial charge in [-0.25, -0.2) is 0 Å². The molecule has 3 nitrogen and oxygen atoms in total. The van der Waals surface area contributed by atoms with Gasteiger partial charge in [0.2, 0.25) is 5.91 Å². The smallest absolute Gasteiger partial charge is 0.245 e. The Hall–Kier alpha value is -1.35. The van der Waals surface area contributed by atoms with Gasteiger partial charge in [-0.15, -0.1) is 0 Å². The molecule has 3 heteroatoms. The molecule has 0 spiro atoms. The van der Waals surface area contributed by atoms with Crippen LogP contribution in [0.15, 0.2) is 30.3 Å². The lowest BCUT2D eigenvalue weighted by Crippen LogP contribution is -2.36. The summed E-state index contributed by atoms with van der Waals surface area (Å²) in [4.78, 5) is 14.5. The first-order valence-corrected chi connectivity index (χ1v) is 7.57. The molecular formula is C17H26N2O. The first-order valence-electron chi connectivity index (χ1n) is 7.57.